The molecule has 0 amide bonds. The summed E-state index contributed by atoms with van der Waals surface area (Å²) in [5.41, 5.74) is 6.61. The molecule has 0 spiro atoms. The highest BCUT2D eigenvalue weighted by molar-refractivity contribution is 5.60. The molecule has 0 radical (unpaired) electrons. The zero-order valence-corrected chi connectivity index (χ0v) is 10.9. The van der Waals surface area contributed by atoms with Crippen molar-refractivity contribution in [2.75, 3.05) is 5.73 Å². The van der Waals surface area contributed by atoms with Crippen molar-refractivity contribution in [2.24, 2.45) is 7.05 Å². The van der Waals surface area contributed by atoms with E-state index < -0.39 is 6.08 Å². The molecule has 0 aliphatic rings. The third-order valence-corrected chi connectivity index (χ3v) is 2.83. The van der Waals surface area contributed by atoms with E-state index in [1.165, 1.54) is 4.57 Å². The first-order valence-corrected chi connectivity index (χ1v) is 6.00. The molecule has 0 unspecified atom stereocenters. The summed E-state index contributed by atoms with van der Waals surface area (Å²) in [5.74, 6) is 0.451. The lowest BCUT2D eigenvalue weighted by molar-refractivity contribution is 0.415. The lowest BCUT2D eigenvalue weighted by Gasteiger charge is -2.00. The number of allylic oxidation sites excluding steroid dienone is 1. The van der Waals surface area contributed by atoms with Crippen molar-refractivity contribution in [1.82, 2.24) is 14.3 Å². The van der Waals surface area contributed by atoms with E-state index in [2.05, 4.69) is 5.10 Å². The average Bonchev–Trinajstić information content (AvgIpc) is 2.67. The molecule has 1 heterocycles. The molecular weight excluding hydrogens is 266 g/mol. The molecule has 1 aromatic heterocycles. The molecule has 20 heavy (non-hydrogen) atoms. The first-order valence-electron chi connectivity index (χ1n) is 6.00. The molecule has 0 atom stereocenters. The van der Waals surface area contributed by atoms with Crippen LogP contribution in [0.4, 0.5) is 14.5 Å². The Labute approximate surface area is 113 Å². The number of nitrogen functional groups attached to an aromatic ring is 1. The largest absolute Gasteiger partial charge is 0.399 e. The van der Waals surface area contributed by atoms with Gasteiger partial charge in [0, 0.05) is 18.3 Å². The third kappa shape index (κ3) is 2.93. The van der Waals surface area contributed by atoms with Gasteiger partial charge in [0.15, 0.2) is 5.82 Å². The lowest BCUT2D eigenvalue weighted by atomic mass is 10.2. The monoisotopic (exact) mass is 280 g/mol. The van der Waals surface area contributed by atoms with Gasteiger partial charge in [0.1, 0.15) is 0 Å². The van der Waals surface area contributed by atoms with Crippen LogP contribution in [0, 0.1) is 0 Å². The molecule has 0 saturated carbocycles. The molecule has 0 saturated heterocycles. The van der Waals surface area contributed by atoms with Gasteiger partial charge in [0.25, 0.3) is 6.08 Å². The number of nitrogens with two attached hydrogens (primary N) is 1. The van der Waals surface area contributed by atoms with Crippen molar-refractivity contribution in [2.45, 2.75) is 13.0 Å². The van der Waals surface area contributed by atoms with Gasteiger partial charge in [0.05, 0.1) is 6.54 Å². The predicted octanol–water partition coefficient (Wildman–Crippen LogP) is 2.00. The first-order chi connectivity index (χ1) is 9.49. The second-order valence-corrected chi connectivity index (χ2v) is 4.30. The standard InChI is InChI=1S/C13H14F2N4O/c1-18-12(9-4-2-5-10(16)8-9)17-19(13(18)20)7-3-6-11(14)15/h2,4-6,8H,3,7,16H2,1H3. The van der Waals surface area contributed by atoms with Gasteiger partial charge >= 0.3 is 5.69 Å². The Morgan fingerprint density at radius 3 is 2.85 bits per heavy atom. The summed E-state index contributed by atoms with van der Waals surface area (Å²) in [6.07, 6.45) is -0.943. The first kappa shape index (κ1) is 14.0. The average molecular weight is 280 g/mol. The smallest absolute Gasteiger partial charge is 0.345 e. The van der Waals surface area contributed by atoms with E-state index in [-0.39, 0.29) is 18.7 Å². The van der Waals surface area contributed by atoms with Crippen molar-refractivity contribution >= 4 is 5.69 Å². The van der Waals surface area contributed by atoms with Gasteiger partial charge in [-0.2, -0.15) is 8.78 Å². The summed E-state index contributed by atoms with van der Waals surface area (Å²) >= 11 is 0. The molecule has 2 N–H and O–H groups in total. The molecule has 1 aromatic carbocycles. The highest BCUT2D eigenvalue weighted by Crippen LogP contribution is 2.17. The Morgan fingerprint density at radius 1 is 1.45 bits per heavy atom. The minimum atomic E-state index is -1.76. The van der Waals surface area contributed by atoms with Gasteiger partial charge in [-0.1, -0.05) is 12.1 Å². The van der Waals surface area contributed by atoms with Gasteiger partial charge in [-0.05, 0) is 24.6 Å². The van der Waals surface area contributed by atoms with Crippen molar-refractivity contribution in [3.8, 4) is 11.4 Å². The molecule has 7 heteroatoms. The molecule has 0 aliphatic carbocycles. The number of anilines is 1. The number of nitrogens with zero attached hydrogens (tertiary/aromatic N) is 3. The van der Waals surface area contributed by atoms with E-state index in [0.717, 1.165) is 10.8 Å². The van der Waals surface area contributed by atoms with Gasteiger partial charge in [0.2, 0.25) is 0 Å². The van der Waals surface area contributed by atoms with E-state index in [9.17, 15) is 13.6 Å². The second kappa shape index (κ2) is 5.68. The molecule has 0 fully saturated rings. The van der Waals surface area contributed by atoms with Crippen LogP contribution < -0.4 is 11.4 Å². The van der Waals surface area contributed by atoms with Gasteiger partial charge in [-0.25, -0.2) is 9.48 Å². The number of halogens is 2. The maximum Gasteiger partial charge on any atom is 0.345 e. The SMILES string of the molecule is Cn1c(-c2cccc(N)c2)nn(CCC=C(F)F)c1=O. The zero-order chi connectivity index (χ0) is 14.7. The van der Waals surface area contributed by atoms with E-state index in [0.29, 0.717) is 17.1 Å². The highest BCUT2D eigenvalue weighted by Gasteiger charge is 2.11. The van der Waals surface area contributed by atoms with Crippen molar-refractivity contribution in [3.63, 3.8) is 0 Å². The van der Waals surface area contributed by atoms with Crippen LogP contribution in [0.2, 0.25) is 0 Å². The maximum absolute atomic E-state index is 12.0. The number of rotatable bonds is 4. The Balaban J connectivity index is 2.33. The van der Waals surface area contributed by atoms with Crippen LogP contribution in [0.1, 0.15) is 6.42 Å². The van der Waals surface area contributed by atoms with Crippen LogP contribution in [0.15, 0.2) is 41.2 Å². The molecule has 0 aliphatic heterocycles. The number of hydrogen-bond acceptors (Lipinski definition) is 3. The third-order valence-electron chi connectivity index (χ3n) is 2.83. The van der Waals surface area contributed by atoms with Crippen LogP contribution in [0.3, 0.4) is 0 Å². The molecule has 0 bridgehead atoms. The normalized spacial score (nSPS) is 10.6. The van der Waals surface area contributed by atoms with Gasteiger partial charge in [-0.15, -0.1) is 5.10 Å². The fraction of sp³-hybridized carbons (Fsp3) is 0.231. The van der Waals surface area contributed by atoms with Crippen LogP contribution in [0.25, 0.3) is 11.4 Å². The molecular formula is C13H14F2N4O. The molecule has 106 valence electrons. The quantitative estimate of drug-likeness (QED) is 0.871. The maximum atomic E-state index is 12.0. The van der Waals surface area contributed by atoms with Gasteiger partial charge in [-0.3, -0.25) is 4.57 Å². The van der Waals surface area contributed by atoms with Crippen LogP contribution in [-0.4, -0.2) is 14.3 Å². The van der Waals surface area contributed by atoms with E-state index >= 15 is 0 Å². The lowest BCUT2D eigenvalue weighted by Crippen LogP contribution is -2.23. The Kier molecular flexibility index (Phi) is 3.97. The van der Waals surface area contributed by atoms with E-state index in [1.807, 2.05) is 0 Å². The van der Waals surface area contributed by atoms with Gasteiger partial charge < -0.3 is 5.73 Å². The Bertz CT molecular complexity index is 699. The summed E-state index contributed by atoms with van der Waals surface area (Å²) in [5, 5.41) is 4.15. The molecule has 2 aromatic rings. The van der Waals surface area contributed by atoms with Crippen LogP contribution in [-0.2, 0) is 13.6 Å². The second-order valence-electron chi connectivity index (χ2n) is 4.30. The molecule has 2 rings (SSSR count). The fourth-order valence-electron chi connectivity index (χ4n) is 1.86. The fourth-order valence-corrected chi connectivity index (χ4v) is 1.86. The summed E-state index contributed by atoms with van der Waals surface area (Å²) in [6.45, 7) is 0.104. The minimum Gasteiger partial charge on any atom is -0.399 e. The predicted molar refractivity (Wildman–Crippen MR) is 72.2 cm³/mol. The van der Waals surface area contributed by atoms with E-state index in [4.69, 9.17) is 5.73 Å². The highest BCUT2D eigenvalue weighted by atomic mass is 19.3. The van der Waals surface area contributed by atoms with Crippen molar-refractivity contribution in [1.29, 1.82) is 0 Å². The zero-order valence-electron chi connectivity index (χ0n) is 10.9. The summed E-state index contributed by atoms with van der Waals surface area (Å²) in [7, 11) is 1.58. The van der Waals surface area contributed by atoms with Crippen molar-refractivity contribution in [3.05, 3.63) is 46.9 Å². The summed E-state index contributed by atoms with van der Waals surface area (Å²) < 4.78 is 26.5. The minimum absolute atomic E-state index is 0.0512. The number of benzene rings is 1. The summed E-state index contributed by atoms with van der Waals surface area (Å²) in [4.78, 5) is 11.9. The van der Waals surface area contributed by atoms with Crippen molar-refractivity contribution < 1.29 is 8.78 Å². The van der Waals surface area contributed by atoms with Crippen LogP contribution >= 0.6 is 0 Å². The topological polar surface area (TPSA) is 65.8 Å². The van der Waals surface area contributed by atoms with Crippen LogP contribution in [0.5, 0.6) is 0 Å². The number of aryl methyl sites for hydroxylation is 1. The number of aromatic nitrogens is 3. The number of hydrogen-bond donors (Lipinski definition) is 1. The Morgan fingerprint density at radius 2 is 2.20 bits per heavy atom. The molecule has 5 nitrogen and oxygen atoms in total. The summed E-state index contributed by atoms with van der Waals surface area (Å²) in [6, 6.07) is 6.97. The van der Waals surface area contributed by atoms with E-state index in [1.54, 1.807) is 31.3 Å². The Hall–Kier alpha value is -2.44.